The molecule has 178 valence electrons. The minimum atomic E-state index is -0.228. The zero-order valence-corrected chi connectivity index (χ0v) is 20.9. The normalized spacial score (nSPS) is 46.7. The predicted molar refractivity (Wildman–Crippen MR) is 126 cm³/mol. The van der Waals surface area contributed by atoms with Crippen molar-refractivity contribution in [2.24, 2.45) is 52.3 Å². The molecule has 0 heterocycles. The molecular weight excluding hydrogens is 384 g/mol. The van der Waals surface area contributed by atoms with Gasteiger partial charge in [-0.2, -0.15) is 0 Å². The van der Waals surface area contributed by atoms with Crippen LogP contribution in [0.2, 0.25) is 0 Å². The van der Waals surface area contributed by atoms with Crippen LogP contribution in [0.1, 0.15) is 99.3 Å². The van der Waals surface area contributed by atoms with Gasteiger partial charge in [0.05, 0.1) is 6.10 Å². The van der Waals surface area contributed by atoms with E-state index in [2.05, 4.69) is 47.6 Å². The van der Waals surface area contributed by atoms with Gasteiger partial charge in [0.15, 0.2) is 0 Å². The zero-order chi connectivity index (χ0) is 22.6. The molecule has 4 rings (SSSR count). The van der Waals surface area contributed by atoms with Gasteiger partial charge in [0.25, 0.3) is 0 Å². The first kappa shape index (κ1) is 23.8. The van der Waals surface area contributed by atoms with E-state index >= 15 is 0 Å². The molecule has 0 bridgehead atoms. The van der Waals surface area contributed by atoms with Crippen molar-refractivity contribution in [3.63, 3.8) is 0 Å². The van der Waals surface area contributed by atoms with Crippen molar-refractivity contribution >= 4 is 0 Å². The summed E-state index contributed by atoms with van der Waals surface area (Å²) in [7, 11) is 0. The van der Waals surface area contributed by atoms with E-state index in [1.54, 1.807) is 0 Å². The summed E-state index contributed by atoms with van der Waals surface area (Å²) in [5, 5.41) is 20.2. The topological polar surface area (TPSA) is 49.7 Å². The summed E-state index contributed by atoms with van der Waals surface area (Å²) in [6.45, 7) is 14.7. The van der Waals surface area contributed by atoms with E-state index in [0.29, 0.717) is 23.2 Å². The van der Waals surface area contributed by atoms with E-state index in [-0.39, 0.29) is 17.6 Å². The fraction of sp³-hybridized carbons (Fsp3) is 0.929. The molecule has 0 spiro atoms. The molecule has 0 aromatic carbocycles. The molecule has 0 unspecified atom stereocenters. The molecule has 0 saturated heterocycles. The molecule has 4 aliphatic carbocycles. The largest absolute Gasteiger partial charge is 0.393 e. The lowest BCUT2D eigenvalue weighted by Gasteiger charge is -2.59. The molecule has 3 saturated carbocycles. The van der Waals surface area contributed by atoms with Crippen LogP contribution in [0.4, 0.5) is 0 Å². The molecule has 3 nitrogen and oxygen atoms in total. The van der Waals surface area contributed by atoms with E-state index in [9.17, 15) is 10.4 Å². The fourth-order valence-corrected chi connectivity index (χ4v) is 8.74. The summed E-state index contributed by atoms with van der Waals surface area (Å²) in [4.78, 5) is 5.19. The van der Waals surface area contributed by atoms with Crippen LogP contribution in [-0.2, 0) is 4.89 Å². The maximum Gasteiger partial charge on any atom is 0.114 e. The fourth-order valence-electron chi connectivity index (χ4n) is 8.74. The molecule has 0 radical (unpaired) electrons. The third kappa shape index (κ3) is 3.95. The highest BCUT2D eigenvalue weighted by molar-refractivity contribution is 5.28. The van der Waals surface area contributed by atoms with Gasteiger partial charge in [0.1, 0.15) is 6.10 Å². The number of aliphatic hydroxyl groups is 1. The van der Waals surface area contributed by atoms with E-state index in [0.717, 1.165) is 42.9 Å². The number of rotatable bonds is 6. The van der Waals surface area contributed by atoms with E-state index < -0.39 is 0 Å². The molecule has 10 atom stereocenters. The Morgan fingerprint density at radius 1 is 1.00 bits per heavy atom. The summed E-state index contributed by atoms with van der Waals surface area (Å²) < 4.78 is 0. The van der Waals surface area contributed by atoms with Crippen LogP contribution in [0.15, 0.2) is 11.6 Å². The average molecular weight is 433 g/mol. The quantitative estimate of drug-likeness (QED) is 0.267. The molecule has 0 aliphatic heterocycles. The van der Waals surface area contributed by atoms with E-state index in [1.807, 2.05) is 0 Å². The Bertz CT molecular complexity index is 671. The second-order valence-corrected chi connectivity index (χ2v) is 12.9. The number of aliphatic hydroxyl groups excluding tert-OH is 1. The maximum atomic E-state index is 10.3. The third-order valence-electron chi connectivity index (χ3n) is 11.2. The first-order valence-electron chi connectivity index (χ1n) is 13.3. The molecule has 0 aromatic heterocycles. The van der Waals surface area contributed by atoms with Crippen LogP contribution in [0.5, 0.6) is 0 Å². The van der Waals surface area contributed by atoms with Crippen molar-refractivity contribution < 1.29 is 15.3 Å². The second kappa shape index (κ2) is 8.76. The Morgan fingerprint density at radius 2 is 1.74 bits per heavy atom. The van der Waals surface area contributed by atoms with E-state index in [1.165, 1.54) is 44.1 Å². The van der Waals surface area contributed by atoms with Crippen molar-refractivity contribution in [3.8, 4) is 0 Å². The van der Waals surface area contributed by atoms with Crippen molar-refractivity contribution in [3.05, 3.63) is 11.6 Å². The van der Waals surface area contributed by atoms with Crippen molar-refractivity contribution in [1.29, 1.82) is 0 Å². The van der Waals surface area contributed by atoms with Crippen molar-refractivity contribution in [2.75, 3.05) is 0 Å². The zero-order valence-electron chi connectivity index (χ0n) is 20.9. The van der Waals surface area contributed by atoms with Crippen LogP contribution < -0.4 is 0 Å². The first-order chi connectivity index (χ1) is 14.6. The molecule has 2 N–H and O–H groups in total. The Hall–Kier alpha value is -0.380. The van der Waals surface area contributed by atoms with Gasteiger partial charge in [-0.15, -0.1) is 0 Å². The van der Waals surface area contributed by atoms with Gasteiger partial charge in [-0.25, -0.2) is 4.89 Å². The Balaban J connectivity index is 1.56. The summed E-state index contributed by atoms with van der Waals surface area (Å²) in [6.07, 6.45) is 12.4. The monoisotopic (exact) mass is 432 g/mol. The predicted octanol–water partition coefficient (Wildman–Crippen LogP) is 7.10. The SMILES string of the molecule is CC(C)[C@@H](C)CC[C@@H](C)[C@H]1CC[C@H]2[C@@H]3[C@H](OO)C=C4C[C@@H](O)CC[C@]4(C)[C@H]3CC[C@]12C. The van der Waals surface area contributed by atoms with Crippen molar-refractivity contribution in [2.45, 2.75) is 112 Å². The molecule has 3 heteroatoms. The van der Waals surface area contributed by atoms with Gasteiger partial charge in [0.2, 0.25) is 0 Å². The molecule has 0 amide bonds. The molecule has 31 heavy (non-hydrogen) atoms. The van der Waals surface area contributed by atoms with Gasteiger partial charge >= 0.3 is 0 Å². The smallest absolute Gasteiger partial charge is 0.114 e. The number of fused-ring (bicyclic) bond motifs is 5. The Morgan fingerprint density at radius 3 is 2.42 bits per heavy atom. The number of hydrogen-bond donors (Lipinski definition) is 2. The lowest BCUT2D eigenvalue weighted by atomic mass is 9.46. The summed E-state index contributed by atoms with van der Waals surface area (Å²) in [5.74, 6) is 4.78. The molecule has 0 aromatic rings. The number of hydrogen-bond acceptors (Lipinski definition) is 3. The van der Waals surface area contributed by atoms with Crippen LogP contribution in [0.3, 0.4) is 0 Å². The van der Waals surface area contributed by atoms with Crippen LogP contribution in [0.25, 0.3) is 0 Å². The van der Waals surface area contributed by atoms with Crippen molar-refractivity contribution in [1.82, 2.24) is 0 Å². The lowest BCUT2D eigenvalue weighted by molar-refractivity contribution is -0.296. The summed E-state index contributed by atoms with van der Waals surface area (Å²) >= 11 is 0. The maximum absolute atomic E-state index is 10.3. The summed E-state index contributed by atoms with van der Waals surface area (Å²) in [5.41, 5.74) is 1.89. The van der Waals surface area contributed by atoms with Crippen LogP contribution in [-0.4, -0.2) is 22.6 Å². The minimum absolute atomic E-state index is 0.177. The molecule has 4 aliphatic rings. The van der Waals surface area contributed by atoms with Gasteiger partial charge in [-0.05, 0) is 97.2 Å². The van der Waals surface area contributed by atoms with Gasteiger partial charge < -0.3 is 5.11 Å². The second-order valence-electron chi connectivity index (χ2n) is 12.9. The highest BCUT2D eigenvalue weighted by Crippen LogP contribution is 2.67. The lowest BCUT2D eigenvalue weighted by Crippen LogP contribution is -2.55. The Labute approximate surface area is 191 Å². The summed E-state index contributed by atoms with van der Waals surface area (Å²) in [6, 6.07) is 0. The van der Waals surface area contributed by atoms with Crippen LogP contribution in [0, 0.1) is 52.3 Å². The van der Waals surface area contributed by atoms with Gasteiger partial charge in [-0.3, -0.25) is 5.26 Å². The standard InChI is InChI=1S/C28H48O3/c1-17(2)18(3)7-8-19(4)22-9-10-23-26-24(12-14-28(22,23)6)27(5)13-11-21(29)15-20(27)16-25(26)31-30/h16-19,21-26,29-30H,7-15H2,1-6H3/t18-,19+,21-,22+,23-,24-,25+,26-,27-,28+/m0/s1. The average Bonchev–Trinajstić information content (AvgIpc) is 3.09. The van der Waals surface area contributed by atoms with Gasteiger partial charge in [-0.1, -0.05) is 66.0 Å². The third-order valence-corrected chi connectivity index (χ3v) is 11.2. The highest BCUT2D eigenvalue weighted by atomic mass is 17.1. The Kier molecular flexibility index (Phi) is 6.72. The molecule has 3 fully saturated rings. The minimum Gasteiger partial charge on any atom is -0.393 e. The highest BCUT2D eigenvalue weighted by Gasteiger charge is 2.61. The van der Waals surface area contributed by atoms with Gasteiger partial charge in [0, 0.05) is 0 Å². The molecular formula is C28H48O3. The first-order valence-corrected chi connectivity index (χ1v) is 13.3. The van der Waals surface area contributed by atoms with E-state index in [4.69, 9.17) is 4.89 Å². The van der Waals surface area contributed by atoms with Crippen LogP contribution >= 0.6 is 0 Å².